The van der Waals surface area contributed by atoms with Crippen LogP contribution in [-0.2, 0) is 14.8 Å². The molecule has 112 valence electrons. The maximum Gasteiger partial charge on any atom is 0.212 e. The number of nitrogens with one attached hydrogen (secondary N) is 1. The number of ether oxygens (including phenoxy) is 1. The Balaban J connectivity index is 1.71. The van der Waals surface area contributed by atoms with E-state index in [4.69, 9.17) is 10.5 Å². The average molecular weight is 316 g/mol. The quantitative estimate of drug-likeness (QED) is 0.588. The Hall–Kier alpha value is -0.760. The smallest absolute Gasteiger partial charge is 0.212 e. The SMILES string of the molecule is COC1CC(NS(=O)(=O)CCSc2ccc(N)cc2)C1. The Kier molecular flexibility index (Phi) is 5.31. The van der Waals surface area contributed by atoms with Crippen molar-refractivity contribution in [2.75, 3.05) is 24.3 Å². The van der Waals surface area contributed by atoms with Crippen molar-refractivity contribution < 1.29 is 13.2 Å². The fraction of sp³-hybridized carbons (Fsp3) is 0.538. The van der Waals surface area contributed by atoms with Crippen LogP contribution in [0.3, 0.4) is 0 Å². The number of hydrogen-bond donors (Lipinski definition) is 2. The van der Waals surface area contributed by atoms with Gasteiger partial charge in [0.15, 0.2) is 0 Å². The number of sulfonamides is 1. The summed E-state index contributed by atoms with van der Waals surface area (Å²) in [7, 11) is -1.55. The van der Waals surface area contributed by atoms with Gasteiger partial charge >= 0.3 is 0 Å². The molecule has 20 heavy (non-hydrogen) atoms. The summed E-state index contributed by atoms with van der Waals surface area (Å²) in [5, 5.41) is 0. The van der Waals surface area contributed by atoms with E-state index < -0.39 is 10.0 Å². The Morgan fingerprint density at radius 2 is 2.00 bits per heavy atom. The molecule has 0 spiro atoms. The summed E-state index contributed by atoms with van der Waals surface area (Å²) in [6.07, 6.45) is 1.73. The molecule has 1 aromatic carbocycles. The lowest BCUT2D eigenvalue weighted by Gasteiger charge is -2.34. The van der Waals surface area contributed by atoms with Gasteiger partial charge in [-0.1, -0.05) is 0 Å². The number of nitrogen functional groups attached to an aromatic ring is 1. The van der Waals surface area contributed by atoms with Gasteiger partial charge in [0.25, 0.3) is 0 Å². The van der Waals surface area contributed by atoms with Gasteiger partial charge in [-0.05, 0) is 37.1 Å². The van der Waals surface area contributed by atoms with Crippen LogP contribution in [0.25, 0.3) is 0 Å². The topological polar surface area (TPSA) is 81.4 Å². The van der Waals surface area contributed by atoms with Gasteiger partial charge in [-0.3, -0.25) is 0 Å². The van der Waals surface area contributed by atoms with Gasteiger partial charge in [-0.25, -0.2) is 13.1 Å². The lowest BCUT2D eigenvalue weighted by atomic mass is 9.90. The lowest BCUT2D eigenvalue weighted by Crippen LogP contribution is -2.48. The first-order chi connectivity index (χ1) is 9.48. The number of hydrogen-bond acceptors (Lipinski definition) is 5. The summed E-state index contributed by atoms with van der Waals surface area (Å²) in [5.74, 6) is 0.649. The van der Waals surface area contributed by atoms with Gasteiger partial charge in [0, 0.05) is 29.5 Å². The monoisotopic (exact) mass is 316 g/mol. The molecule has 1 aliphatic carbocycles. The van der Waals surface area contributed by atoms with Crippen molar-refractivity contribution in [3.05, 3.63) is 24.3 Å². The van der Waals surface area contributed by atoms with Crippen molar-refractivity contribution in [2.45, 2.75) is 29.9 Å². The van der Waals surface area contributed by atoms with Crippen LogP contribution in [0.2, 0.25) is 0 Å². The summed E-state index contributed by atoms with van der Waals surface area (Å²) < 4.78 is 31.6. The number of benzene rings is 1. The molecule has 7 heteroatoms. The number of nitrogens with two attached hydrogens (primary N) is 1. The second-order valence-corrected chi connectivity index (χ2v) is 7.92. The molecule has 2 rings (SSSR count). The summed E-state index contributed by atoms with van der Waals surface area (Å²) >= 11 is 1.51. The van der Waals surface area contributed by atoms with Gasteiger partial charge in [0.1, 0.15) is 0 Å². The van der Waals surface area contributed by atoms with E-state index in [-0.39, 0.29) is 17.9 Å². The Labute approximate surface area is 124 Å². The van der Waals surface area contributed by atoms with E-state index in [1.807, 2.05) is 24.3 Å². The first-order valence-corrected chi connectivity index (χ1v) is 9.13. The zero-order chi connectivity index (χ0) is 14.6. The summed E-state index contributed by atoms with van der Waals surface area (Å²) in [5.41, 5.74) is 6.31. The van der Waals surface area contributed by atoms with Gasteiger partial charge in [-0.15, -0.1) is 11.8 Å². The minimum absolute atomic E-state index is 0.0338. The van der Waals surface area contributed by atoms with Crippen LogP contribution >= 0.6 is 11.8 Å². The molecule has 1 aromatic rings. The normalized spacial score (nSPS) is 22.4. The first kappa shape index (κ1) is 15.6. The van der Waals surface area contributed by atoms with Crippen molar-refractivity contribution in [1.29, 1.82) is 0 Å². The van der Waals surface area contributed by atoms with Crippen LogP contribution in [0, 0.1) is 0 Å². The van der Waals surface area contributed by atoms with E-state index in [0.717, 1.165) is 17.7 Å². The molecule has 0 unspecified atom stereocenters. The molecule has 0 radical (unpaired) electrons. The fourth-order valence-corrected chi connectivity index (χ4v) is 4.59. The molecule has 1 saturated carbocycles. The number of thioether (sulfide) groups is 1. The third-order valence-corrected chi connectivity index (χ3v) is 5.98. The fourth-order valence-electron chi connectivity index (χ4n) is 2.00. The first-order valence-electron chi connectivity index (χ1n) is 6.49. The Morgan fingerprint density at radius 1 is 1.35 bits per heavy atom. The van der Waals surface area contributed by atoms with Crippen LogP contribution in [0.1, 0.15) is 12.8 Å². The lowest BCUT2D eigenvalue weighted by molar-refractivity contribution is 0.0236. The maximum absolute atomic E-state index is 11.9. The largest absolute Gasteiger partial charge is 0.399 e. The minimum Gasteiger partial charge on any atom is -0.399 e. The Morgan fingerprint density at radius 3 is 2.60 bits per heavy atom. The molecular formula is C13H20N2O3S2. The molecule has 0 atom stereocenters. The van der Waals surface area contributed by atoms with Crippen LogP contribution in [0.4, 0.5) is 5.69 Å². The molecule has 3 N–H and O–H groups in total. The zero-order valence-electron chi connectivity index (χ0n) is 11.4. The Bertz CT molecular complexity index is 525. The standard InChI is InChI=1S/C13H20N2O3S2/c1-18-12-8-11(9-12)15-20(16,17)7-6-19-13-4-2-10(14)3-5-13/h2-5,11-12,15H,6-9,14H2,1H3. The predicted molar refractivity (Wildman–Crippen MR) is 82.3 cm³/mol. The molecular weight excluding hydrogens is 296 g/mol. The van der Waals surface area contributed by atoms with Crippen molar-refractivity contribution in [2.24, 2.45) is 0 Å². The van der Waals surface area contributed by atoms with Crippen molar-refractivity contribution in [3.63, 3.8) is 0 Å². The third kappa shape index (κ3) is 4.66. The highest BCUT2D eigenvalue weighted by Gasteiger charge is 2.31. The molecule has 0 amide bonds. The summed E-state index contributed by atoms with van der Waals surface area (Å²) in [4.78, 5) is 1.03. The molecule has 0 saturated heterocycles. The van der Waals surface area contributed by atoms with Crippen LogP contribution in [0.5, 0.6) is 0 Å². The van der Waals surface area contributed by atoms with Gasteiger partial charge in [0.05, 0.1) is 11.9 Å². The predicted octanol–water partition coefficient (Wildman–Crippen LogP) is 1.46. The van der Waals surface area contributed by atoms with E-state index in [1.165, 1.54) is 11.8 Å². The molecule has 5 nitrogen and oxygen atoms in total. The molecule has 0 aromatic heterocycles. The van der Waals surface area contributed by atoms with E-state index in [0.29, 0.717) is 11.4 Å². The third-order valence-electron chi connectivity index (χ3n) is 3.28. The van der Waals surface area contributed by atoms with Gasteiger partial charge in [-0.2, -0.15) is 0 Å². The highest BCUT2D eigenvalue weighted by molar-refractivity contribution is 8.00. The van der Waals surface area contributed by atoms with Gasteiger partial charge in [0.2, 0.25) is 10.0 Å². The van der Waals surface area contributed by atoms with Crippen LogP contribution in [-0.4, -0.2) is 39.2 Å². The second-order valence-electron chi connectivity index (χ2n) is 4.88. The maximum atomic E-state index is 11.9. The van der Waals surface area contributed by atoms with Crippen LogP contribution in [0.15, 0.2) is 29.2 Å². The van der Waals surface area contributed by atoms with Gasteiger partial charge < -0.3 is 10.5 Å². The van der Waals surface area contributed by atoms with E-state index in [2.05, 4.69) is 4.72 Å². The van der Waals surface area contributed by atoms with E-state index in [9.17, 15) is 8.42 Å². The summed E-state index contributed by atoms with van der Waals surface area (Å²) in [6, 6.07) is 7.46. The molecule has 1 aliphatic rings. The average Bonchev–Trinajstić information content (AvgIpc) is 2.35. The molecule has 0 heterocycles. The van der Waals surface area contributed by atoms with E-state index in [1.54, 1.807) is 7.11 Å². The molecule has 1 fully saturated rings. The highest BCUT2D eigenvalue weighted by Crippen LogP contribution is 2.24. The molecule has 0 aliphatic heterocycles. The summed E-state index contributed by atoms with van der Waals surface area (Å²) in [6.45, 7) is 0. The van der Waals surface area contributed by atoms with Crippen molar-refractivity contribution in [1.82, 2.24) is 4.72 Å². The number of rotatable bonds is 7. The van der Waals surface area contributed by atoms with Crippen LogP contribution < -0.4 is 10.5 Å². The van der Waals surface area contributed by atoms with E-state index >= 15 is 0 Å². The number of anilines is 1. The zero-order valence-corrected chi connectivity index (χ0v) is 13.0. The van der Waals surface area contributed by atoms with Crippen molar-refractivity contribution in [3.8, 4) is 0 Å². The second kappa shape index (κ2) is 6.80. The number of methoxy groups -OCH3 is 1. The van der Waals surface area contributed by atoms with Crippen molar-refractivity contribution >= 4 is 27.5 Å². The molecule has 0 bridgehead atoms. The highest BCUT2D eigenvalue weighted by atomic mass is 32.2. The minimum atomic E-state index is -3.20.